The highest BCUT2D eigenvalue weighted by Gasteiger charge is 2.55. The van der Waals surface area contributed by atoms with Crippen molar-refractivity contribution in [2.45, 2.75) is 110 Å². The number of azide groups is 1. The number of ether oxygens (including phenoxy) is 8. The van der Waals surface area contributed by atoms with Gasteiger partial charge in [0, 0.05) is 53.4 Å². The highest BCUT2D eigenvalue weighted by atomic mass is 16.7. The Labute approximate surface area is 262 Å². The molecule has 0 spiro atoms. The second-order valence-corrected chi connectivity index (χ2v) is 10.2. The lowest BCUT2D eigenvalue weighted by Gasteiger charge is -2.49. The van der Waals surface area contributed by atoms with E-state index in [0.717, 1.165) is 48.5 Å². The summed E-state index contributed by atoms with van der Waals surface area (Å²) in [5, 5.41) is 8.55. The lowest BCUT2D eigenvalue weighted by molar-refractivity contribution is -0.317. The quantitative estimate of drug-likeness (QED) is 0.0842. The number of carbonyl (C=O) groups is 7. The van der Waals surface area contributed by atoms with E-state index in [1.807, 2.05) is 0 Å². The van der Waals surface area contributed by atoms with Crippen LogP contribution < -0.4 is 10.6 Å². The minimum atomic E-state index is -1.68. The molecule has 2 aliphatic rings. The van der Waals surface area contributed by atoms with Gasteiger partial charge in [0.2, 0.25) is 11.8 Å². The predicted octanol–water partition coefficient (Wildman–Crippen LogP) is -0.938. The van der Waals surface area contributed by atoms with Crippen molar-refractivity contribution in [3.05, 3.63) is 10.4 Å². The molecule has 20 heteroatoms. The fraction of sp³-hybridized carbons (Fsp3) is 0.731. The van der Waals surface area contributed by atoms with E-state index in [0.29, 0.717) is 0 Å². The second kappa shape index (κ2) is 17.2. The summed E-state index contributed by atoms with van der Waals surface area (Å²) in [6.07, 6.45) is -11.9. The zero-order valence-electron chi connectivity index (χ0n) is 26.2. The van der Waals surface area contributed by atoms with Gasteiger partial charge < -0.3 is 48.5 Å². The molecule has 0 aromatic heterocycles. The van der Waals surface area contributed by atoms with E-state index in [9.17, 15) is 33.6 Å². The SMILES string of the molecule is CC(=O)NC1C(OC(C)=O)[C@H](OC(C)=O)C(COC(C)=O)O[C@H]1O[C@@H]1C(COC(C)=O)O[C@@H](N=[N+]=[N-])C(NC(C)=O)C1OC(C)=O. The molecule has 0 saturated carbocycles. The van der Waals surface area contributed by atoms with E-state index in [2.05, 4.69) is 20.7 Å². The van der Waals surface area contributed by atoms with Crippen LogP contribution in [0.5, 0.6) is 0 Å². The monoisotopic (exact) mass is 659 g/mol. The summed E-state index contributed by atoms with van der Waals surface area (Å²) in [5.41, 5.74) is 9.16. The van der Waals surface area contributed by atoms with Crippen LogP contribution in [-0.2, 0) is 71.5 Å². The van der Waals surface area contributed by atoms with E-state index in [1.165, 1.54) is 0 Å². The van der Waals surface area contributed by atoms with E-state index >= 15 is 0 Å². The summed E-state index contributed by atoms with van der Waals surface area (Å²) in [4.78, 5) is 87.2. The van der Waals surface area contributed by atoms with E-state index in [1.54, 1.807) is 0 Å². The van der Waals surface area contributed by atoms with Crippen molar-refractivity contribution >= 4 is 41.7 Å². The van der Waals surface area contributed by atoms with Gasteiger partial charge in [0.05, 0.1) is 0 Å². The summed E-state index contributed by atoms with van der Waals surface area (Å²) in [6.45, 7) is 6.53. The molecule has 2 saturated heterocycles. The first kappa shape index (κ1) is 37.7. The van der Waals surface area contributed by atoms with Crippen molar-refractivity contribution < 1.29 is 71.5 Å². The number of rotatable bonds is 12. The van der Waals surface area contributed by atoms with Crippen LogP contribution in [0.1, 0.15) is 48.5 Å². The number of esters is 5. The maximum absolute atomic E-state index is 12.4. The van der Waals surface area contributed by atoms with E-state index < -0.39 is 116 Å². The average Bonchev–Trinajstić information content (AvgIpc) is 2.91. The Balaban J connectivity index is 2.73. The van der Waals surface area contributed by atoms with Gasteiger partial charge in [0.25, 0.3) is 0 Å². The number of amides is 2. The van der Waals surface area contributed by atoms with Crippen LogP contribution in [0.2, 0.25) is 0 Å². The molecule has 6 unspecified atom stereocenters. The third-order valence-corrected chi connectivity index (χ3v) is 6.32. The molecule has 0 radical (unpaired) electrons. The van der Waals surface area contributed by atoms with Crippen molar-refractivity contribution in [2.24, 2.45) is 5.11 Å². The molecule has 10 atom stereocenters. The van der Waals surface area contributed by atoms with Crippen LogP contribution in [-0.4, -0.2) is 116 Å². The molecule has 2 aliphatic heterocycles. The van der Waals surface area contributed by atoms with Crippen LogP contribution in [0.3, 0.4) is 0 Å². The number of carbonyl (C=O) groups excluding carboxylic acids is 7. The third-order valence-electron chi connectivity index (χ3n) is 6.32. The lowest BCUT2D eigenvalue weighted by atomic mass is 9.93. The van der Waals surface area contributed by atoms with Gasteiger partial charge in [-0.15, -0.1) is 0 Å². The summed E-state index contributed by atoms with van der Waals surface area (Å²) < 4.78 is 44.7. The van der Waals surface area contributed by atoms with Crippen LogP contribution in [0, 0.1) is 0 Å². The molecule has 2 rings (SSSR count). The molecule has 20 nitrogen and oxygen atoms in total. The first-order chi connectivity index (χ1) is 21.5. The second-order valence-electron chi connectivity index (χ2n) is 10.2. The summed E-state index contributed by atoms with van der Waals surface area (Å²) in [5.74, 6) is -5.38. The molecule has 0 bridgehead atoms. The minimum absolute atomic E-state index is 0.545. The van der Waals surface area contributed by atoms with Gasteiger partial charge in [-0.2, -0.15) is 0 Å². The summed E-state index contributed by atoms with van der Waals surface area (Å²) in [7, 11) is 0. The van der Waals surface area contributed by atoms with Crippen LogP contribution in [0.4, 0.5) is 0 Å². The largest absolute Gasteiger partial charge is 0.463 e. The molecule has 0 aliphatic carbocycles. The van der Waals surface area contributed by atoms with E-state index in [-0.39, 0.29) is 0 Å². The van der Waals surface area contributed by atoms with Gasteiger partial charge >= 0.3 is 29.8 Å². The molecular weight excluding hydrogens is 622 g/mol. The van der Waals surface area contributed by atoms with Crippen molar-refractivity contribution in [1.82, 2.24) is 10.6 Å². The number of nitrogens with zero attached hydrogens (tertiary/aromatic N) is 3. The Bertz CT molecular complexity index is 1220. The Morgan fingerprint density at radius 2 is 1.07 bits per heavy atom. The van der Waals surface area contributed by atoms with Gasteiger partial charge in [-0.1, -0.05) is 5.11 Å². The van der Waals surface area contributed by atoms with Crippen molar-refractivity contribution in [2.75, 3.05) is 13.2 Å². The summed E-state index contributed by atoms with van der Waals surface area (Å²) in [6, 6.07) is -2.81. The minimum Gasteiger partial charge on any atom is -0.463 e. The van der Waals surface area contributed by atoms with Crippen molar-refractivity contribution in [3.8, 4) is 0 Å². The molecule has 46 heavy (non-hydrogen) atoms. The molecule has 0 aromatic rings. The maximum Gasteiger partial charge on any atom is 0.303 e. The number of hydrogen-bond acceptors (Lipinski definition) is 16. The van der Waals surface area contributed by atoms with Crippen molar-refractivity contribution in [3.63, 3.8) is 0 Å². The van der Waals surface area contributed by atoms with Gasteiger partial charge in [-0.05, 0) is 5.53 Å². The lowest BCUT2D eigenvalue weighted by Crippen LogP contribution is -2.70. The van der Waals surface area contributed by atoms with Crippen LogP contribution >= 0.6 is 0 Å². The standard InChI is InChI=1S/C26H37N5O15/c1-10(32)28-19-23(42-15(6)37)22(17(8-39-12(3)34)44-25(19)30-31-27)46-26-20(29-11(2)33)24(43-16(7)38)21(41-14(5)36)18(45-26)9-40-13(4)35/h17-26H,8-9H2,1-7H3,(H,28,32)(H,29,33)/t17?,18?,19?,20?,21-,22-,23?,24?,25-,26+/m1/s1. The Kier molecular flexibility index (Phi) is 14.1. The topological polar surface area (TPSA) is 266 Å². The first-order valence-corrected chi connectivity index (χ1v) is 13.9. The summed E-state index contributed by atoms with van der Waals surface area (Å²) >= 11 is 0. The predicted molar refractivity (Wildman–Crippen MR) is 146 cm³/mol. The number of nitrogens with one attached hydrogen (secondary N) is 2. The molecule has 256 valence electrons. The molecule has 2 amide bonds. The molecular formula is C26H37N5O15. The fourth-order valence-corrected chi connectivity index (χ4v) is 4.85. The Morgan fingerprint density at radius 3 is 1.50 bits per heavy atom. The maximum atomic E-state index is 12.4. The van der Waals surface area contributed by atoms with Gasteiger partial charge in [0.1, 0.15) is 43.6 Å². The van der Waals surface area contributed by atoms with Gasteiger partial charge in [-0.25, -0.2) is 0 Å². The Hall–Kier alpha value is -4.52. The third kappa shape index (κ3) is 11.1. The highest BCUT2D eigenvalue weighted by molar-refractivity contribution is 5.74. The smallest absolute Gasteiger partial charge is 0.303 e. The van der Waals surface area contributed by atoms with E-state index in [4.69, 9.17) is 43.4 Å². The first-order valence-electron chi connectivity index (χ1n) is 13.9. The molecule has 2 heterocycles. The van der Waals surface area contributed by atoms with Gasteiger partial charge in [-0.3, -0.25) is 33.6 Å². The van der Waals surface area contributed by atoms with Crippen LogP contribution in [0.15, 0.2) is 5.11 Å². The zero-order valence-corrected chi connectivity index (χ0v) is 26.2. The Morgan fingerprint density at radius 1 is 0.630 bits per heavy atom. The highest BCUT2D eigenvalue weighted by Crippen LogP contribution is 2.33. The van der Waals surface area contributed by atoms with Crippen molar-refractivity contribution in [1.29, 1.82) is 0 Å². The molecule has 0 aromatic carbocycles. The average molecular weight is 660 g/mol. The zero-order chi connectivity index (χ0) is 34.7. The van der Waals surface area contributed by atoms with Gasteiger partial charge in [0.15, 0.2) is 30.8 Å². The number of hydrogen-bond donors (Lipinski definition) is 2. The van der Waals surface area contributed by atoms with Crippen LogP contribution in [0.25, 0.3) is 10.4 Å². The normalized spacial score (nSPS) is 30.3. The molecule has 2 fully saturated rings. The fourth-order valence-electron chi connectivity index (χ4n) is 4.85. The molecule has 2 N–H and O–H groups in total.